The molecule has 0 saturated carbocycles. The Morgan fingerprint density at radius 1 is 1.03 bits per heavy atom. The molecule has 0 aliphatic heterocycles. The Labute approximate surface area is 203 Å². The number of carbonyl (C=O) groups excluding carboxylic acids is 1. The van der Waals surface area contributed by atoms with Crippen molar-refractivity contribution in [2.45, 2.75) is 49.0 Å². The first-order valence-corrected chi connectivity index (χ1v) is 13.4. The Morgan fingerprint density at radius 3 is 2.41 bits per heavy atom. The van der Waals surface area contributed by atoms with Crippen LogP contribution >= 0.6 is 11.8 Å². The molecule has 10 heteroatoms. The van der Waals surface area contributed by atoms with Crippen molar-refractivity contribution in [3.8, 4) is 11.4 Å². The van der Waals surface area contributed by atoms with Gasteiger partial charge >= 0.3 is 5.97 Å². The summed E-state index contributed by atoms with van der Waals surface area (Å²) in [4.78, 5) is 12.5. The van der Waals surface area contributed by atoms with Crippen molar-refractivity contribution in [2.75, 3.05) is 6.61 Å². The molecular weight excluding hydrogens is 472 g/mol. The fourth-order valence-corrected chi connectivity index (χ4v) is 6.16. The normalized spacial score (nSPS) is 12.7. The predicted octanol–water partition coefficient (Wildman–Crippen LogP) is 4.59. The van der Waals surface area contributed by atoms with Crippen molar-refractivity contribution in [3.05, 3.63) is 60.8 Å². The van der Waals surface area contributed by atoms with Gasteiger partial charge in [-0.05, 0) is 38.5 Å². The molecule has 2 heterocycles. The summed E-state index contributed by atoms with van der Waals surface area (Å²) in [5, 5.41) is 9.67. The van der Waals surface area contributed by atoms with Crippen molar-refractivity contribution in [2.24, 2.45) is 0 Å². The lowest BCUT2D eigenvalue weighted by atomic mass is 10.1. The standard InChI is InChI=1S/C24H26N4O4S2/c1-4-21(23(29)32-6-3)33-24-26-25-22(27(24)5-2)19-16-28(20-15-11-10-14-18(19)20)34(30,31)17-12-8-7-9-13-17/h7-16,21H,4-6H2,1-3H3. The predicted molar refractivity (Wildman–Crippen MR) is 132 cm³/mol. The molecule has 4 aromatic rings. The molecule has 2 aromatic carbocycles. The molecule has 0 N–H and O–H groups in total. The minimum atomic E-state index is -3.81. The van der Waals surface area contributed by atoms with Crippen LogP contribution in [0.2, 0.25) is 0 Å². The van der Waals surface area contributed by atoms with Crippen LogP contribution in [0.5, 0.6) is 0 Å². The van der Waals surface area contributed by atoms with Crippen LogP contribution in [-0.4, -0.2) is 45.0 Å². The van der Waals surface area contributed by atoms with Gasteiger partial charge in [-0.15, -0.1) is 10.2 Å². The quantitative estimate of drug-likeness (QED) is 0.246. The average Bonchev–Trinajstić information content (AvgIpc) is 3.44. The van der Waals surface area contributed by atoms with Gasteiger partial charge in [-0.25, -0.2) is 12.4 Å². The minimum Gasteiger partial charge on any atom is -0.465 e. The van der Waals surface area contributed by atoms with Crippen molar-refractivity contribution < 1.29 is 17.9 Å². The average molecular weight is 499 g/mol. The number of aromatic nitrogens is 4. The van der Waals surface area contributed by atoms with E-state index in [0.717, 1.165) is 5.39 Å². The SMILES string of the molecule is CCOC(=O)C(CC)Sc1nnc(-c2cn(S(=O)(=O)c3ccccc3)c3ccccc23)n1CC. The number of nitrogens with zero attached hydrogens (tertiary/aromatic N) is 4. The number of fused-ring (bicyclic) bond motifs is 1. The van der Waals surface area contributed by atoms with Gasteiger partial charge in [0.05, 0.1) is 17.0 Å². The van der Waals surface area contributed by atoms with E-state index in [9.17, 15) is 13.2 Å². The van der Waals surface area contributed by atoms with Crippen LogP contribution in [0.3, 0.4) is 0 Å². The van der Waals surface area contributed by atoms with Crippen molar-refractivity contribution >= 4 is 38.7 Å². The Balaban J connectivity index is 1.82. The highest BCUT2D eigenvalue weighted by atomic mass is 32.2. The lowest BCUT2D eigenvalue weighted by molar-refractivity contribution is -0.142. The van der Waals surface area contributed by atoms with Crippen LogP contribution in [-0.2, 0) is 26.1 Å². The van der Waals surface area contributed by atoms with E-state index < -0.39 is 15.3 Å². The van der Waals surface area contributed by atoms with Gasteiger partial charge in [-0.2, -0.15) is 0 Å². The van der Waals surface area contributed by atoms with Crippen LogP contribution < -0.4 is 0 Å². The number of thioether (sulfide) groups is 1. The molecule has 8 nitrogen and oxygen atoms in total. The molecule has 178 valence electrons. The van der Waals surface area contributed by atoms with E-state index in [2.05, 4.69) is 10.2 Å². The molecule has 0 aliphatic rings. The van der Waals surface area contributed by atoms with Gasteiger partial charge in [-0.3, -0.25) is 4.79 Å². The third-order valence-electron chi connectivity index (χ3n) is 5.42. The number of esters is 1. The van der Waals surface area contributed by atoms with Crippen molar-refractivity contribution in [1.82, 2.24) is 18.7 Å². The second kappa shape index (κ2) is 10.0. The number of hydrogen-bond acceptors (Lipinski definition) is 7. The number of carbonyl (C=O) groups is 1. The smallest absolute Gasteiger partial charge is 0.319 e. The molecule has 0 amide bonds. The fraction of sp³-hybridized carbons (Fsp3) is 0.292. The highest BCUT2D eigenvalue weighted by molar-refractivity contribution is 8.00. The first kappa shape index (κ1) is 24.0. The first-order chi connectivity index (χ1) is 16.4. The zero-order valence-corrected chi connectivity index (χ0v) is 20.8. The second-order valence-electron chi connectivity index (χ2n) is 7.49. The molecule has 1 unspecified atom stereocenters. The second-order valence-corrected chi connectivity index (χ2v) is 10.5. The maximum Gasteiger partial charge on any atom is 0.319 e. The largest absolute Gasteiger partial charge is 0.465 e. The van der Waals surface area contributed by atoms with Crippen LogP contribution in [0.25, 0.3) is 22.3 Å². The summed E-state index contributed by atoms with van der Waals surface area (Å²) in [5.41, 5.74) is 1.21. The van der Waals surface area contributed by atoms with Gasteiger partial charge in [0, 0.05) is 23.7 Å². The fourth-order valence-electron chi connectivity index (χ4n) is 3.75. The van der Waals surface area contributed by atoms with Gasteiger partial charge in [-0.1, -0.05) is 55.1 Å². The Kier molecular flexibility index (Phi) is 7.08. The molecule has 0 spiro atoms. The number of para-hydroxylation sites is 1. The number of ether oxygens (including phenoxy) is 1. The third-order valence-corrected chi connectivity index (χ3v) is 8.43. The maximum absolute atomic E-state index is 13.4. The lowest BCUT2D eigenvalue weighted by Crippen LogP contribution is -2.20. The van der Waals surface area contributed by atoms with E-state index >= 15 is 0 Å². The van der Waals surface area contributed by atoms with Crippen LogP contribution in [0.4, 0.5) is 0 Å². The zero-order chi connectivity index (χ0) is 24.3. The first-order valence-electron chi connectivity index (χ1n) is 11.1. The number of benzene rings is 2. The van der Waals surface area contributed by atoms with Crippen molar-refractivity contribution in [1.29, 1.82) is 0 Å². The van der Waals surface area contributed by atoms with E-state index in [4.69, 9.17) is 4.74 Å². The van der Waals surface area contributed by atoms with E-state index in [1.54, 1.807) is 55.6 Å². The summed E-state index contributed by atoms with van der Waals surface area (Å²) in [7, 11) is -3.81. The summed E-state index contributed by atoms with van der Waals surface area (Å²) in [6.07, 6.45) is 2.18. The molecule has 0 aliphatic carbocycles. The lowest BCUT2D eigenvalue weighted by Gasteiger charge is -2.13. The highest BCUT2D eigenvalue weighted by Gasteiger charge is 2.26. The molecule has 2 aromatic heterocycles. The molecule has 0 radical (unpaired) electrons. The number of rotatable bonds is 9. The Hall–Kier alpha value is -3.11. The number of hydrogen-bond donors (Lipinski definition) is 0. The molecular formula is C24H26N4O4S2. The van der Waals surface area contributed by atoms with Crippen LogP contribution in [0.1, 0.15) is 27.2 Å². The summed E-state index contributed by atoms with van der Waals surface area (Å²) >= 11 is 1.31. The summed E-state index contributed by atoms with van der Waals surface area (Å²) < 4.78 is 35.3. The Morgan fingerprint density at radius 2 is 1.74 bits per heavy atom. The highest BCUT2D eigenvalue weighted by Crippen LogP contribution is 2.35. The van der Waals surface area contributed by atoms with E-state index in [1.807, 2.05) is 30.5 Å². The topological polar surface area (TPSA) is 96.1 Å². The minimum absolute atomic E-state index is 0.204. The van der Waals surface area contributed by atoms with Gasteiger partial charge < -0.3 is 9.30 Å². The summed E-state index contributed by atoms with van der Waals surface area (Å²) in [6, 6.07) is 15.6. The van der Waals surface area contributed by atoms with E-state index in [0.29, 0.717) is 41.6 Å². The molecule has 0 bridgehead atoms. The monoisotopic (exact) mass is 498 g/mol. The van der Waals surface area contributed by atoms with Crippen LogP contribution in [0, 0.1) is 0 Å². The molecule has 4 rings (SSSR count). The summed E-state index contributed by atoms with van der Waals surface area (Å²) in [6.45, 7) is 6.53. The molecule has 0 fully saturated rings. The van der Waals surface area contributed by atoms with Gasteiger partial charge in [0.1, 0.15) is 5.25 Å². The van der Waals surface area contributed by atoms with Crippen molar-refractivity contribution in [3.63, 3.8) is 0 Å². The molecule has 34 heavy (non-hydrogen) atoms. The summed E-state index contributed by atoms with van der Waals surface area (Å²) in [5.74, 6) is 0.259. The van der Waals surface area contributed by atoms with Crippen LogP contribution in [0.15, 0.2) is 70.8 Å². The third kappa shape index (κ3) is 4.35. The molecule has 0 saturated heterocycles. The molecule has 1 atom stereocenters. The van der Waals surface area contributed by atoms with E-state index in [1.165, 1.54) is 15.7 Å². The van der Waals surface area contributed by atoms with Gasteiger partial charge in [0.2, 0.25) is 0 Å². The van der Waals surface area contributed by atoms with Gasteiger partial charge in [0.25, 0.3) is 10.0 Å². The Bertz CT molecular complexity index is 1410. The van der Waals surface area contributed by atoms with Gasteiger partial charge in [0.15, 0.2) is 11.0 Å². The zero-order valence-electron chi connectivity index (χ0n) is 19.2. The van der Waals surface area contributed by atoms with E-state index in [-0.39, 0.29) is 10.9 Å². The maximum atomic E-state index is 13.4.